The number of aldehydes is 1. The van der Waals surface area contributed by atoms with Crippen molar-refractivity contribution in [2.24, 2.45) is 0 Å². The summed E-state index contributed by atoms with van der Waals surface area (Å²) in [6, 6.07) is 5.72. The summed E-state index contributed by atoms with van der Waals surface area (Å²) >= 11 is 1.47. The van der Waals surface area contributed by atoms with E-state index >= 15 is 0 Å². The number of aromatic nitrogens is 2. The Labute approximate surface area is 215 Å². The SMILES string of the molecule is COCCSc1cc(NC(=O)N2CCCc3cc(CN4CCOCC4C)c(C=O)nc32)ncc1C#N. The number of anilines is 2. The minimum absolute atomic E-state index is 0.258. The largest absolute Gasteiger partial charge is 0.384 e. The number of fused-ring (bicyclic) bond motifs is 1. The number of rotatable bonds is 8. The van der Waals surface area contributed by atoms with Crippen molar-refractivity contribution in [3.05, 3.63) is 40.7 Å². The van der Waals surface area contributed by atoms with E-state index in [4.69, 9.17) is 9.47 Å². The Hall–Kier alpha value is -3.04. The number of nitrogens with zero attached hydrogens (tertiary/aromatic N) is 5. The molecule has 1 saturated heterocycles. The number of nitriles is 1. The van der Waals surface area contributed by atoms with Crippen LogP contribution in [0.4, 0.5) is 16.4 Å². The highest BCUT2D eigenvalue weighted by atomic mass is 32.2. The smallest absolute Gasteiger partial charge is 0.328 e. The van der Waals surface area contributed by atoms with Gasteiger partial charge in [-0.05, 0) is 43.0 Å². The number of urea groups is 1. The fourth-order valence-corrected chi connectivity index (χ4v) is 5.24. The van der Waals surface area contributed by atoms with E-state index < -0.39 is 0 Å². The van der Waals surface area contributed by atoms with Crippen LogP contribution in [0.25, 0.3) is 0 Å². The Kier molecular flexibility index (Phi) is 8.88. The van der Waals surface area contributed by atoms with E-state index in [0.29, 0.717) is 61.6 Å². The summed E-state index contributed by atoms with van der Waals surface area (Å²) in [7, 11) is 1.62. The molecule has 0 saturated carbocycles. The Morgan fingerprint density at radius 3 is 3.03 bits per heavy atom. The van der Waals surface area contributed by atoms with Gasteiger partial charge in [-0.15, -0.1) is 11.8 Å². The zero-order chi connectivity index (χ0) is 25.5. The molecule has 4 rings (SSSR count). The number of hydrogen-bond acceptors (Lipinski definition) is 9. The number of hydrogen-bond donors (Lipinski definition) is 1. The monoisotopic (exact) mass is 510 g/mol. The molecule has 1 fully saturated rings. The number of carbonyl (C=O) groups is 2. The van der Waals surface area contributed by atoms with Crippen LogP contribution in [0.1, 0.15) is 40.5 Å². The normalized spacial score (nSPS) is 17.8. The Balaban J connectivity index is 1.53. The molecule has 11 heteroatoms. The average Bonchev–Trinajstić information content (AvgIpc) is 2.89. The van der Waals surface area contributed by atoms with Gasteiger partial charge in [-0.25, -0.2) is 14.8 Å². The summed E-state index contributed by atoms with van der Waals surface area (Å²) in [6.07, 6.45) is 3.79. The standard InChI is InChI=1S/C25H30N6O4S/c1-17-16-35-7-6-30(17)14-19-10-18-4-3-5-31(24(18)28-21(19)15-32)25(33)29-23-11-22(36-9-8-34-2)20(12-26)13-27-23/h10-11,13,15,17H,3-9,14,16H2,1-2H3,(H,27,29,33). The molecule has 1 N–H and O–H groups in total. The molecule has 2 aromatic rings. The van der Waals surface area contributed by atoms with Crippen molar-refractivity contribution in [1.82, 2.24) is 14.9 Å². The first-order valence-electron chi connectivity index (χ1n) is 11.9. The Morgan fingerprint density at radius 2 is 2.28 bits per heavy atom. The number of carbonyl (C=O) groups excluding carboxylic acids is 2. The lowest BCUT2D eigenvalue weighted by Gasteiger charge is -2.34. The van der Waals surface area contributed by atoms with Crippen LogP contribution in [0, 0.1) is 11.3 Å². The van der Waals surface area contributed by atoms with Gasteiger partial charge < -0.3 is 9.47 Å². The molecule has 10 nitrogen and oxygen atoms in total. The van der Waals surface area contributed by atoms with Crippen molar-refractivity contribution in [2.45, 2.75) is 37.2 Å². The maximum atomic E-state index is 13.2. The Bertz CT molecular complexity index is 1150. The second-order valence-electron chi connectivity index (χ2n) is 8.73. The van der Waals surface area contributed by atoms with Gasteiger partial charge in [0.15, 0.2) is 6.29 Å². The summed E-state index contributed by atoms with van der Waals surface area (Å²) in [5, 5.41) is 12.2. The maximum Gasteiger partial charge on any atom is 0.328 e. The average molecular weight is 511 g/mol. The van der Waals surface area contributed by atoms with Gasteiger partial charge in [0, 0.05) is 49.6 Å². The molecule has 0 aliphatic carbocycles. The van der Waals surface area contributed by atoms with Gasteiger partial charge in [0.05, 0.1) is 25.4 Å². The van der Waals surface area contributed by atoms with Crippen molar-refractivity contribution in [3.8, 4) is 6.07 Å². The first-order chi connectivity index (χ1) is 17.5. The van der Waals surface area contributed by atoms with E-state index in [9.17, 15) is 14.9 Å². The number of amides is 2. The molecule has 0 radical (unpaired) electrons. The third kappa shape index (κ3) is 6.02. The number of ether oxygens (including phenoxy) is 2. The fourth-order valence-electron chi connectivity index (χ4n) is 4.32. The highest BCUT2D eigenvalue weighted by Crippen LogP contribution is 2.29. The zero-order valence-corrected chi connectivity index (χ0v) is 21.3. The van der Waals surface area contributed by atoms with Crippen molar-refractivity contribution < 1.29 is 19.1 Å². The van der Waals surface area contributed by atoms with Crippen LogP contribution < -0.4 is 10.2 Å². The molecule has 2 aromatic heterocycles. The van der Waals surface area contributed by atoms with Crippen LogP contribution >= 0.6 is 11.8 Å². The number of pyridine rings is 2. The minimum Gasteiger partial charge on any atom is -0.384 e. The van der Waals surface area contributed by atoms with Crippen LogP contribution in [-0.4, -0.2) is 79.0 Å². The number of aryl methyl sites for hydroxylation is 1. The van der Waals surface area contributed by atoms with Crippen molar-refractivity contribution >= 4 is 35.7 Å². The first kappa shape index (κ1) is 26.0. The fraction of sp³-hybridized carbons (Fsp3) is 0.480. The predicted molar refractivity (Wildman–Crippen MR) is 137 cm³/mol. The third-order valence-corrected chi connectivity index (χ3v) is 7.30. The molecule has 2 amide bonds. The van der Waals surface area contributed by atoms with Gasteiger partial charge in [-0.2, -0.15) is 5.26 Å². The highest BCUT2D eigenvalue weighted by molar-refractivity contribution is 7.99. The van der Waals surface area contributed by atoms with Gasteiger partial charge in [0.2, 0.25) is 0 Å². The summed E-state index contributed by atoms with van der Waals surface area (Å²) < 4.78 is 10.6. The maximum absolute atomic E-state index is 13.2. The quantitative estimate of drug-likeness (QED) is 0.324. The molecule has 0 aromatic carbocycles. The summed E-state index contributed by atoms with van der Waals surface area (Å²) in [4.78, 5) is 38.6. The molecule has 2 aliphatic heterocycles. The van der Waals surface area contributed by atoms with E-state index in [1.54, 1.807) is 18.1 Å². The van der Waals surface area contributed by atoms with Crippen LogP contribution in [0.15, 0.2) is 23.2 Å². The number of morpholine rings is 1. The molecule has 190 valence electrons. The van der Waals surface area contributed by atoms with Crippen LogP contribution in [0.3, 0.4) is 0 Å². The number of nitrogens with one attached hydrogen (secondary N) is 1. The van der Waals surface area contributed by atoms with Gasteiger partial charge in [0.1, 0.15) is 23.4 Å². The van der Waals surface area contributed by atoms with Gasteiger partial charge in [-0.3, -0.25) is 19.9 Å². The van der Waals surface area contributed by atoms with Crippen molar-refractivity contribution in [2.75, 3.05) is 56.0 Å². The molecular weight excluding hydrogens is 480 g/mol. The molecule has 0 spiro atoms. The predicted octanol–water partition coefficient (Wildman–Crippen LogP) is 3.10. The van der Waals surface area contributed by atoms with E-state index in [1.807, 2.05) is 6.07 Å². The van der Waals surface area contributed by atoms with Crippen molar-refractivity contribution in [3.63, 3.8) is 0 Å². The van der Waals surface area contributed by atoms with Gasteiger partial charge >= 0.3 is 6.03 Å². The summed E-state index contributed by atoms with van der Waals surface area (Å²) in [5.41, 5.74) is 2.60. The number of methoxy groups -OCH3 is 1. The second-order valence-corrected chi connectivity index (χ2v) is 9.87. The lowest BCUT2D eigenvalue weighted by Crippen LogP contribution is -2.43. The molecule has 36 heavy (non-hydrogen) atoms. The van der Waals surface area contributed by atoms with E-state index in [1.165, 1.54) is 18.0 Å². The molecule has 0 bridgehead atoms. The first-order valence-corrected chi connectivity index (χ1v) is 12.9. The van der Waals surface area contributed by atoms with E-state index in [-0.39, 0.29) is 12.1 Å². The highest BCUT2D eigenvalue weighted by Gasteiger charge is 2.27. The minimum atomic E-state index is -0.375. The second kappa shape index (κ2) is 12.3. The van der Waals surface area contributed by atoms with Crippen LogP contribution in [0.5, 0.6) is 0 Å². The lowest BCUT2D eigenvalue weighted by atomic mass is 10.0. The van der Waals surface area contributed by atoms with E-state index in [2.05, 4.69) is 33.2 Å². The zero-order valence-electron chi connectivity index (χ0n) is 20.5. The van der Waals surface area contributed by atoms with Gasteiger partial charge in [-0.1, -0.05) is 0 Å². The summed E-state index contributed by atoms with van der Waals surface area (Å²) in [5.74, 6) is 1.52. The van der Waals surface area contributed by atoms with Crippen molar-refractivity contribution in [1.29, 1.82) is 5.26 Å². The lowest BCUT2D eigenvalue weighted by molar-refractivity contribution is -0.00448. The molecule has 4 heterocycles. The Morgan fingerprint density at radius 1 is 1.42 bits per heavy atom. The molecule has 1 unspecified atom stereocenters. The summed E-state index contributed by atoms with van der Waals surface area (Å²) in [6.45, 7) is 5.88. The molecule has 1 atom stereocenters. The topological polar surface area (TPSA) is 121 Å². The van der Waals surface area contributed by atoms with Gasteiger partial charge in [0.25, 0.3) is 0 Å². The molecular formula is C25H30N6O4S. The number of thioether (sulfide) groups is 1. The van der Waals surface area contributed by atoms with E-state index in [0.717, 1.165) is 41.7 Å². The molecule has 2 aliphatic rings. The third-order valence-electron chi connectivity index (χ3n) is 6.28. The van der Waals surface area contributed by atoms with Crippen LogP contribution in [0.2, 0.25) is 0 Å². The van der Waals surface area contributed by atoms with Crippen LogP contribution in [-0.2, 0) is 22.4 Å².